The zero-order valence-electron chi connectivity index (χ0n) is 15.7. The summed E-state index contributed by atoms with van der Waals surface area (Å²) in [6.07, 6.45) is 0.246. The number of benzene rings is 3. The van der Waals surface area contributed by atoms with E-state index in [0.29, 0.717) is 5.69 Å². The maximum absolute atomic E-state index is 12.2. The number of H-pyrrole nitrogens is 1. The Balaban J connectivity index is 1.36. The molecule has 0 radical (unpaired) electrons. The minimum atomic E-state index is -0.284. The lowest BCUT2D eigenvalue weighted by Crippen LogP contribution is -2.33. The molecular weight excluding hydrogens is 364 g/mol. The van der Waals surface area contributed by atoms with Crippen molar-refractivity contribution in [2.75, 3.05) is 11.9 Å². The number of fused-ring (bicyclic) bond motifs is 1. The number of nitrogens with zero attached hydrogens (tertiary/aromatic N) is 1. The van der Waals surface area contributed by atoms with E-state index in [0.717, 1.165) is 28.0 Å². The summed E-state index contributed by atoms with van der Waals surface area (Å²) in [5.74, 6) is 0.258. The Labute approximate surface area is 168 Å². The van der Waals surface area contributed by atoms with Crippen LogP contribution in [0.25, 0.3) is 22.4 Å². The van der Waals surface area contributed by atoms with Gasteiger partial charge in [0.05, 0.1) is 24.0 Å². The molecule has 6 heteroatoms. The van der Waals surface area contributed by atoms with Crippen molar-refractivity contribution in [1.29, 1.82) is 0 Å². The first-order valence-corrected chi connectivity index (χ1v) is 9.33. The summed E-state index contributed by atoms with van der Waals surface area (Å²) in [6.45, 7) is -0.0828. The molecule has 0 spiro atoms. The average molecular weight is 384 g/mol. The number of nitrogens with one attached hydrogen (secondary N) is 3. The fraction of sp³-hybridized carbons (Fsp3) is 0.0870. The van der Waals surface area contributed by atoms with Gasteiger partial charge in [-0.05, 0) is 29.8 Å². The third-order valence-electron chi connectivity index (χ3n) is 4.46. The topological polar surface area (TPSA) is 86.9 Å². The molecule has 144 valence electrons. The molecule has 0 saturated heterocycles. The average Bonchev–Trinajstić information content (AvgIpc) is 3.18. The van der Waals surface area contributed by atoms with Gasteiger partial charge >= 0.3 is 0 Å². The van der Waals surface area contributed by atoms with Crippen LogP contribution in [0.5, 0.6) is 0 Å². The van der Waals surface area contributed by atoms with E-state index in [1.807, 2.05) is 72.8 Å². The van der Waals surface area contributed by atoms with Crippen LogP contribution in [0.1, 0.15) is 5.56 Å². The Morgan fingerprint density at radius 3 is 2.48 bits per heavy atom. The molecular formula is C23H20N4O2. The van der Waals surface area contributed by atoms with E-state index in [-0.39, 0.29) is 24.8 Å². The van der Waals surface area contributed by atoms with Gasteiger partial charge in [0.15, 0.2) is 0 Å². The molecule has 29 heavy (non-hydrogen) atoms. The van der Waals surface area contributed by atoms with Gasteiger partial charge in [0, 0.05) is 11.3 Å². The predicted molar refractivity (Wildman–Crippen MR) is 113 cm³/mol. The van der Waals surface area contributed by atoms with Crippen molar-refractivity contribution >= 4 is 28.5 Å². The highest BCUT2D eigenvalue weighted by atomic mass is 16.2. The molecule has 1 heterocycles. The van der Waals surface area contributed by atoms with Crippen LogP contribution < -0.4 is 10.6 Å². The van der Waals surface area contributed by atoms with Crippen molar-refractivity contribution < 1.29 is 9.59 Å². The number of hydrogen-bond acceptors (Lipinski definition) is 3. The van der Waals surface area contributed by atoms with Crippen molar-refractivity contribution in [1.82, 2.24) is 15.3 Å². The molecule has 0 unspecified atom stereocenters. The van der Waals surface area contributed by atoms with Crippen LogP contribution in [0.2, 0.25) is 0 Å². The highest BCUT2D eigenvalue weighted by Crippen LogP contribution is 2.22. The zero-order chi connectivity index (χ0) is 20.1. The van der Waals surface area contributed by atoms with Gasteiger partial charge in [-0.25, -0.2) is 4.98 Å². The molecule has 3 N–H and O–H groups in total. The van der Waals surface area contributed by atoms with Crippen LogP contribution in [0, 0.1) is 0 Å². The van der Waals surface area contributed by atoms with Gasteiger partial charge in [0.25, 0.3) is 0 Å². The Bertz CT molecular complexity index is 1120. The number of aromatic amines is 1. The summed E-state index contributed by atoms with van der Waals surface area (Å²) < 4.78 is 0. The molecule has 0 bridgehead atoms. The lowest BCUT2D eigenvalue weighted by molar-refractivity contribution is -0.123. The van der Waals surface area contributed by atoms with Crippen molar-refractivity contribution in [3.8, 4) is 11.4 Å². The molecule has 0 atom stereocenters. The largest absolute Gasteiger partial charge is 0.347 e. The van der Waals surface area contributed by atoms with Crippen LogP contribution >= 0.6 is 0 Å². The van der Waals surface area contributed by atoms with E-state index < -0.39 is 0 Å². The van der Waals surface area contributed by atoms with Gasteiger partial charge in [-0.2, -0.15) is 0 Å². The summed E-state index contributed by atoms with van der Waals surface area (Å²) in [5, 5.41) is 5.46. The van der Waals surface area contributed by atoms with Crippen LogP contribution in [-0.2, 0) is 16.0 Å². The normalized spacial score (nSPS) is 10.6. The minimum absolute atomic E-state index is 0.0828. The number of carbonyl (C=O) groups is 2. The summed E-state index contributed by atoms with van der Waals surface area (Å²) in [6, 6.07) is 24.6. The van der Waals surface area contributed by atoms with Gasteiger partial charge in [0.1, 0.15) is 5.82 Å². The van der Waals surface area contributed by atoms with Gasteiger partial charge in [-0.15, -0.1) is 0 Å². The number of amides is 2. The summed E-state index contributed by atoms with van der Waals surface area (Å²) in [7, 11) is 0. The first kappa shape index (κ1) is 18.4. The second kappa shape index (κ2) is 8.39. The Morgan fingerprint density at radius 1 is 0.862 bits per heavy atom. The first-order chi connectivity index (χ1) is 14.2. The quantitative estimate of drug-likeness (QED) is 0.475. The second-order valence-electron chi connectivity index (χ2n) is 6.67. The number of para-hydroxylation sites is 2. The van der Waals surface area contributed by atoms with E-state index >= 15 is 0 Å². The predicted octanol–water partition coefficient (Wildman–Crippen LogP) is 3.53. The van der Waals surface area contributed by atoms with E-state index in [1.165, 1.54) is 0 Å². The summed E-state index contributed by atoms with van der Waals surface area (Å²) in [5.41, 5.74) is 4.26. The Morgan fingerprint density at radius 2 is 1.66 bits per heavy atom. The second-order valence-corrected chi connectivity index (χ2v) is 6.67. The van der Waals surface area contributed by atoms with Crippen LogP contribution in [0.4, 0.5) is 5.69 Å². The maximum Gasteiger partial charge on any atom is 0.243 e. The monoisotopic (exact) mass is 384 g/mol. The number of aromatic nitrogens is 2. The molecule has 4 aromatic rings. The molecule has 0 aliphatic rings. The van der Waals surface area contributed by atoms with Crippen molar-refractivity contribution in [3.05, 3.63) is 84.4 Å². The molecule has 0 saturated carbocycles. The van der Waals surface area contributed by atoms with Gasteiger partial charge in [0.2, 0.25) is 11.8 Å². The molecule has 0 aliphatic heterocycles. The van der Waals surface area contributed by atoms with E-state index in [1.54, 1.807) is 6.07 Å². The third-order valence-corrected chi connectivity index (χ3v) is 4.46. The van der Waals surface area contributed by atoms with Gasteiger partial charge in [-0.1, -0.05) is 54.6 Å². The van der Waals surface area contributed by atoms with E-state index in [4.69, 9.17) is 0 Å². The standard InChI is InChI=1S/C23H20N4O2/c28-21(13-16-7-2-1-3-8-16)24-15-22(29)25-18-10-6-9-17(14-18)23-26-19-11-4-5-12-20(19)27-23/h1-12,14H,13,15H2,(H,24,28)(H,25,29)(H,26,27). The Kier molecular flexibility index (Phi) is 5.33. The van der Waals surface area contributed by atoms with Crippen molar-refractivity contribution in [3.63, 3.8) is 0 Å². The van der Waals surface area contributed by atoms with Crippen molar-refractivity contribution in [2.24, 2.45) is 0 Å². The number of imidazole rings is 1. The third kappa shape index (κ3) is 4.68. The highest BCUT2D eigenvalue weighted by molar-refractivity contribution is 5.95. The first-order valence-electron chi connectivity index (χ1n) is 9.33. The lowest BCUT2D eigenvalue weighted by atomic mass is 10.1. The molecule has 6 nitrogen and oxygen atoms in total. The van der Waals surface area contributed by atoms with Crippen LogP contribution in [-0.4, -0.2) is 28.3 Å². The zero-order valence-corrected chi connectivity index (χ0v) is 15.7. The fourth-order valence-corrected chi connectivity index (χ4v) is 3.06. The van der Waals surface area contributed by atoms with Crippen molar-refractivity contribution in [2.45, 2.75) is 6.42 Å². The summed E-state index contributed by atoms with van der Waals surface area (Å²) >= 11 is 0. The molecule has 4 rings (SSSR count). The van der Waals surface area contributed by atoms with Gasteiger partial charge < -0.3 is 15.6 Å². The molecule has 3 aromatic carbocycles. The molecule has 0 aliphatic carbocycles. The smallest absolute Gasteiger partial charge is 0.243 e. The molecule has 1 aromatic heterocycles. The van der Waals surface area contributed by atoms with Crippen LogP contribution in [0.15, 0.2) is 78.9 Å². The number of anilines is 1. The van der Waals surface area contributed by atoms with E-state index in [2.05, 4.69) is 20.6 Å². The molecule has 0 fully saturated rings. The Hall–Kier alpha value is -3.93. The van der Waals surface area contributed by atoms with E-state index in [9.17, 15) is 9.59 Å². The highest BCUT2D eigenvalue weighted by Gasteiger charge is 2.09. The minimum Gasteiger partial charge on any atom is -0.347 e. The van der Waals surface area contributed by atoms with Crippen LogP contribution in [0.3, 0.4) is 0 Å². The number of hydrogen-bond donors (Lipinski definition) is 3. The lowest BCUT2D eigenvalue weighted by Gasteiger charge is -2.08. The fourth-order valence-electron chi connectivity index (χ4n) is 3.06. The number of rotatable bonds is 6. The SMILES string of the molecule is O=C(Cc1ccccc1)NCC(=O)Nc1cccc(-c2nc3ccccc3[nH]2)c1. The number of carbonyl (C=O) groups excluding carboxylic acids is 2. The molecule has 2 amide bonds. The summed E-state index contributed by atoms with van der Waals surface area (Å²) in [4.78, 5) is 32.1. The maximum atomic E-state index is 12.2. The van der Waals surface area contributed by atoms with Gasteiger partial charge in [-0.3, -0.25) is 9.59 Å².